The summed E-state index contributed by atoms with van der Waals surface area (Å²) in [6.07, 6.45) is 4.66. The maximum Gasteiger partial charge on any atom is 0.235 e. The molecular formula is C14H22N2O2S. The summed E-state index contributed by atoms with van der Waals surface area (Å²) in [5, 5.41) is -0.261. The summed E-state index contributed by atoms with van der Waals surface area (Å²) in [6, 6.07) is 3.62. The molecule has 1 aliphatic carbocycles. The molecule has 106 valence electrons. The van der Waals surface area contributed by atoms with Gasteiger partial charge in [0.2, 0.25) is 10.0 Å². The Morgan fingerprint density at radius 3 is 2.37 bits per heavy atom. The Balaban J connectivity index is 2.22. The third-order valence-corrected chi connectivity index (χ3v) is 5.71. The highest BCUT2D eigenvalue weighted by molar-refractivity contribution is 7.93. The van der Waals surface area contributed by atoms with E-state index in [0.29, 0.717) is 11.4 Å². The smallest absolute Gasteiger partial charge is 0.235 e. The Kier molecular flexibility index (Phi) is 4.04. The molecule has 0 spiro atoms. The standard InChI is InChI=1S/C14H22N2O2S/c1-10-8-11(2)14(9-13(10)15)16-19(17,18)12-6-4-3-5-7-12/h8-9,12,16H,3-7,15H2,1-2H3. The van der Waals surface area contributed by atoms with Gasteiger partial charge in [0.1, 0.15) is 0 Å². The van der Waals surface area contributed by atoms with Crippen LogP contribution >= 0.6 is 0 Å². The molecule has 1 aliphatic rings. The summed E-state index contributed by atoms with van der Waals surface area (Å²) in [4.78, 5) is 0. The molecule has 1 aromatic rings. The maximum absolute atomic E-state index is 12.4. The average molecular weight is 282 g/mol. The van der Waals surface area contributed by atoms with Gasteiger partial charge in [0.25, 0.3) is 0 Å². The molecule has 1 saturated carbocycles. The quantitative estimate of drug-likeness (QED) is 0.837. The number of nitrogen functional groups attached to an aromatic ring is 1. The van der Waals surface area contributed by atoms with Gasteiger partial charge in [-0.1, -0.05) is 25.3 Å². The SMILES string of the molecule is Cc1cc(C)c(NS(=O)(=O)C2CCCCC2)cc1N. The van der Waals surface area contributed by atoms with Gasteiger partial charge >= 0.3 is 0 Å². The van der Waals surface area contributed by atoms with E-state index in [9.17, 15) is 8.42 Å². The van der Waals surface area contributed by atoms with E-state index in [1.807, 2.05) is 19.9 Å². The van der Waals surface area contributed by atoms with Crippen LogP contribution in [0.1, 0.15) is 43.2 Å². The molecule has 4 nitrogen and oxygen atoms in total. The molecule has 1 aromatic carbocycles. The number of nitrogens with one attached hydrogen (secondary N) is 1. The van der Waals surface area contributed by atoms with E-state index in [2.05, 4.69) is 4.72 Å². The molecule has 5 heteroatoms. The molecule has 3 N–H and O–H groups in total. The minimum Gasteiger partial charge on any atom is -0.398 e. The number of sulfonamides is 1. The second kappa shape index (κ2) is 5.41. The Labute approximate surface area is 115 Å². The number of nitrogens with two attached hydrogens (primary N) is 1. The van der Waals surface area contributed by atoms with E-state index in [-0.39, 0.29) is 5.25 Å². The first kappa shape index (κ1) is 14.2. The highest BCUT2D eigenvalue weighted by Gasteiger charge is 2.27. The number of rotatable bonds is 3. The van der Waals surface area contributed by atoms with E-state index < -0.39 is 10.0 Å². The normalized spacial score (nSPS) is 17.4. The lowest BCUT2D eigenvalue weighted by molar-refractivity contribution is 0.486. The van der Waals surface area contributed by atoms with E-state index >= 15 is 0 Å². The Morgan fingerprint density at radius 1 is 1.11 bits per heavy atom. The number of aryl methyl sites for hydroxylation is 2. The zero-order valence-electron chi connectivity index (χ0n) is 11.6. The van der Waals surface area contributed by atoms with Crippen molar-refractivity contribution >= 4 is 21.4 Å². The van der Waals surface area contributed by atoms with Crippen LogP contribution in [0.25, 0.3) is 0 Å². The van der Waals surface area contributed by atoms with Crippen LogP contribution in [0.4, 0.5) is 11.4 Å². The van der Waals surface area contributed by atoms with E-state index in [0.717, 1.165) is 43.2 Å². The molecule has 0 unspecified atom stereocenters. The van der Waals surface area contributed by atoms with Gasteiger partial charge in [-0.2, -0.15) is 0 Å². The molecule has 1 fully saturated rings. The second-order valence-corrected chi connectivity index (χ2v) is 7.39. The van der Waals surface area contributed by atoms with Crippen molar-refractivity contribution < 1.29 is 8.42 Å². The summed E-state index contributed by atoms with van der Waals surface area (Å²) < 4.78 is 27.4. The molecule has 19 heavy (non-hydrogen) atoms. The highest BCUT2D eigenvalue weighted by atomic mass is 32.2. The maximum atomic E-state index is 12.4. The van der Waals surface area contributed by atoms with E-state index in [1.165, 1.54) is 0 Å². The lowest BCUT2D eigenvalue weighted by atomic mass is 10.0. The van der Waals surface area contributed by atoms with Crippen molar-refractivity contribution in [1.29, 1.82) is 0 Å². The predicted octanol–water partition coefficient (Wildman–Crippen LogP) is 2.96. The lowest BCUT2D eigenvalue weighted by Gasteiger charge is -2.23. The van der Waals surface area contributed by atoms with Crippen molar-refractivity contribution in [2.45, 2.75) is 51.2 Å². The fourth-order valence-electron chi connectivity index (χ4n) is 2.59. The van der Waals surface area contributed by atoms with Crippen molar-refractivity contribution in [3.05, 3.63) is 23.3 Å². The van der Waals surface area contributed by atoms with Crippen molar-refractivity contribution in [1.82, 2.24) is 0 Å². The van der Waals surface area contributed by atoms with Gasteiger partial charge in [-0.3, -0.25) is 4.72 Å². The number of anilines is 2. The molecule has 0 atom stereocenters. The Morgan fingerprint density at radius 2 is 1.74 bits per heavy atom. The topological polar surface area (TPSA) is 72.2 Å². The predicted molar refractivity (Wildman–Crippen MR) is 79.7 cm³/mol. The molecule has 0 radical (unpaired) electrons. The first-order chi connectivity index (χ1) is 8.90. The van der Waals surface area contributed by atoms with Crippen LogP contribution in [-0.2, 0) is 10.0 Å². The lowest BCUT2D eigenvalue weighted by Crippen LogP contribution is -2.30. The van der Waals surface area contributed by atoms with E-state index in [1.54, 1.807) is 6.07 Å². The molecular weight excluding hydrogens is 260 g/mol. The Bertz CT molecular complexity index is 561. The average Bonchev–Trinajstić information content (AvgIpc) is 2.37. The first-order valence-corrected chi connectivity index (χ1v) is 8.33. The summed E-state index contributed by atoms with van der Waals surface area (Å²) in [7, 11) is -3.29. The van der Waals surface area contributed by atoms with Gasteiger partial charge in [-0.25, -0.2) is 8.42 Å². The highest BCUT2D eigenvalue weighted by Crippen LogP contribution is 2.28. The van der Waals surface area contributed by atoms with Crippen LogP contribution in [-0.4, -0.2) is 13.7 Å². The molecule has 2 rings (SSSR count). The first-order valence-electron chi connectivity index (χ1n) is 6.78. The van der Waals surface area contributed by atoms with Crippen LogP contribution < -0.4 is 10.5 Å². The van der Waals surface area contributed by atoms with Crippen LogP contribution in [0, 0.1) is 13.8 Å². The summed E-state index contributed by atoms with van der Waals surface area (Å²) in [5.41, 5.74) is 8.95. The fourth-order valence-corrected chi connectivity index (χ4v) is 4.24. The van der Waals surface area contributed by atoms with Crippen LogP contribution in [0.15, 0.2) is 12.1 Å². The molecule has 0 saturated heterocycles. The Hall–Kier alpha value is -1.23. The van der Waals surface area contributed by atoms with E-state index in [4.69, 9.17) is 5.73 Å². The van der Waals surface area contributed by atoms with Crippen molar-refractivity contribution in [2.24, 2.45) is 0 Å². The third kappa shape index (κ3) is 3.21. The zero-order valence-corrected chi connectivity index (χ0v) is 12.4. The summed E-state index contributed by atoms with van der Waals surface area (Å²) in [5.74, 6) is 0. The number of hydrogen-bond donors (Lipinski definition) is 2. The molecule has 0 heterocycles. The number of hydrogen-bond acceptors (Lipinski definition) is 3. The zero-order chi connectivity index (χ0) is 14.0. The van der Waals surface area contributed by atoms with Gasteiger partial charge in [0, 0.05) is 5.69 Å². The van der Waals surface area contributed by atoms with Crippen LogP contribution in [0.5, 0.6) is 0 Å². The van der Waals surface area contributed by atoms with Crippen LogP contribution in [0.3, 0.4) is 0 Å². The van der Waals surface area contributed by atoms with Gasteiger partial charge < -0.3 is 5.73 Å². The summed E-state index contributed by atoms with van der Waals surface area (Å²) in [6.45, 7) is 3.81. The third-order valence-electron chi connectivity index (χ3n) is 3.86. The fraction of sp³-hybridized carbons (Fsp3) is 0.571. The minimum atomic E-state index is -3.29. The number of benzene rings is 1. The molecule has 0 aromatic heterocycles. The molecule has 0 aliphatic heterocycles. The monoisotopic (exact) mass is 282 g/mol. The molecule has 0 bridgehead atoms. The largest absolute Gasteiger partial charge is 0.398 e. The van der Waals surface area contributed by atoms with Crippen molar-refractivity contribution in [3.8, 4) is 0 Å². The van der Waals surface area contributed by atoms with Gasteiger partial charge in [0.15, 0.2) is 0 Å². The van der Waals surface area contributed by atoms with Gasteiger partial charge in [0.05, 0.1) is 10.9 Å². The summed E-state index contributed by atoms with van der Waals surface area (Å²) >= 11 is 0. The molecule has 0 amide bonds. The van der Waals surface area contributed by atoms with Crippen LogP contribution in [0.2, 0.25) is 0 Å². The minimum absolute atomic E-state index is 0.261. The van der Waals surface area contributed by atoms with Gasteiger partial charge in [-0.15, -0.1) is 0 Å². The van der Waals surface area contributed by atoms with Crippen molar-refractivity contribution in [2.75, 3.05) is 10.5 Å². The van der Waals surface area contributed by atoms with Gasteiger partial charge in [-0.05, 0) is 43.9 Å². The second-order valence-electron chi connectivity index (χ2n) is 5.43. The van der Waals surface area contributed by atoms with Crippen molar-refractivity contribution in [3.63, 3.8) is 0 Å².